The molecule has 0 saturated heterocycles. The molecule has 0 aromatic heterocycles. The van der Waals surface area contributed by atoms with Gasteiger partial charge in [0.05, 0.1) is 4.90 Å². The molecule has 1 aromatic rings. The first-order chi connectivity index (χ1) is 5.11. The Morgan fingerprint density at radius 3 is 2.45 bits per heavy atom. The van der Waals surface area contributed by atoms with Crippen LogP contribution in [0.1, 0.15) is 0 Å². The highest BCUT2D eigenvalue weighted by molar-refractivity contribution is 7.79. The monoisotopic (exact) mass is 162 g/mol. The summed E-state index contributed by atoms with van der Waals surface area (Å²) >= 11 is -2.03. The number of hydrogen-bond acceptors (Lipinski definition) is 1. The first-order valence-corrected chi connectivity index (χ1v) is 3.98. The van der Waals surface area contributed by atoms with Crippen molar-refractivity contribution in [3.05, 3.63) is 18.2 Å². The maximum atomic E-state index is 10.5. The first kappa shape index (κ1) is 8.56. The van der Waals surface area contributed by atoms with Crippen LogP contribution in [-0.2, 0) is 11.1 Å². The Hall–Kier alpha value is -0.540. The van der Waals surface area contributed by atoms with Gasteiger partial charge < -0.3 is 4.55 Å². The van der Waals surface area contributed by atoms with Crippen molar-refractivity contribution in [2.24, 2.45) is 0 Å². The lowest BCUT2D eigenvalue weighted by Gasteiger charge is -2.01. The molecular formula is C6H4B2O2S. The lowest BCUT2D eigenvalue weighted by molar-refractivity contribution is 0.565. The summed E-state index contributed by atoms with van der Waals surface area (Å²) in [5, 5.41) is 0. The number of benzene rings is 1. The molecule has 4 radical (unpaired) electrons. The van der Waals surface area contributed by atoms with Gasteiger partial charge in [0.1, 0.15) is 15.7 Å². The summed E-state index contributed by atoms with van der Waals surface area (Å²) in [6.07, 6.45) is 0. The van der Waals surface area contributed by atoms with Gasteiger partial charge in [0, 0.05) is 0 Å². The van der Waals surface area contributed by atoms with Gasteiger partial charge >= 0.3 is 0 Å². The maximum Gasteiger partial charge on any atom is 0.185 e. The quantitative estimate of drug-likeness (QED) is 0.418. The first-order valence-electron chi connectivity index (χ1n) is 2.87. The van der Waals surface area contributed by atoms with Crippen LogP contribution in [0.5, 0.6) is 0 Å². The highest BCUT2D eigenvalue weighted by Crippen LogP contribution is 1.96. The topological polar surface area (TPSA) is 37.3 Å². The van der Waals surface area contributed by atoms with E-state index < -0.39 is 11.1 Å². The van der Waals surface area contributed by atoms with Gasteiger partial charge in [-0.3, -0.25) is 0 Å². The Labute approximate surface area is 70.1 Å². The van der Waals surface area contributed by atoms with Gasteiger partial charge in [-0.2, -0.15) is 0 Å². The van der Waals surface area contributed by atoms with Gasteiger partial charge in [0.15, 0.2) is 11.1 Å². The summed E-state index contributed by atoms with van der Waals surface area (Å²) in [4.78, 5) is 0.194. The minimum absolute atomic E-state index is 0.194. The molecule has 0 aliphatic heterocycles. The molecule has 1 unspecified atom stereocenters. The van der Waals surface area contributed by atoms with Crippen LogP contribution in [-0.4, -0.2) is 24.5 Å². The molecule has 0 heterocycles. The van der Waals surface area contributed by atoms with E-state index in [1.165, 1.54) is 18.2 Å². The van der Waals surface area contributed by atoms with E-state index in [0.717, 1.165) is 0 Å². The molecule has 1 atom stereocenters. The Morgan fingerprint density at radius 1 is 1.36 bits per heavy atom. The highest BCUT2D eigenvalue weighted by Gasteiger charge is 2.01. The van der Waals surface area contributed by atoms with E-state index in [1.807, 2.05) is 0 Å². The van der Waals surface area contributed by atoms with Crippen LogP contribution in [0.2, 0.25) is 0 Å². The third kappa shape index (κ3) is 1.94. The molecule has 0 bridgehead atoms. The predicted molar refractivity (Wildman–Crippen MR) is 46.3 cm³/mol. The molecule has 0 fully saturated rings. The molecule has 11 heavy (non-hydrogen) atoms. The fourth-order valence-corrected chi connectivity index (χ4v) is 1.17. The molecule has 0 spiro atoms. The molecule has 1 N–H and O–H groups in total. The van der Waals surface area contributed by atoms with Gasteiger partial charge in [-0.1, -0.05) is 23.1 Å². The fraction of sp³-hybridized carbons (Fsp3) is 0. The summed E-state index contributed by atoms with van der Waals surface area (Å²) in [5.41, 5.74) is 0.725. The van der Waals surface area contributed by atoms with Gasteiger partial charge in [-0.25, -0.2) is 4.21 Å². The summed E-state index contributed by atoms with van der Waals surface area (Å²) in [5.74, 6) is 0. The van der Waals surface area contributed by atoms with Gasteiger partial charge in [-0.15, -0.1) is 0 Å². The van der Waals surface area contributed by atoms with E-state index in [2.05, 4.69) is 0 Å². The molecule has 1 aromatic carbocycles. The smallest absolute Gasteiger partial charge is 0.185 e. The van der Waals surface area contributed by atoms with Gasteiger partial charge in [-0.05, 0) is 6.07 Å². The van der Waals surface area contributed by atoms with Crippen LogP contribution in [0, 0.1) is 0 Å². The summed E-state index contributed by atoms with van der Waals surface area (Å²) in [6, 6.07) is 4.41. The van der Waals surface area contributed by atoms with E-state index in [0.29, 0.717) is 5.46 Å². The molecule has 2 nitrogen and oxygen atoms in total. The zero-order valence-corrected chi connectivity index (χ0v) is 6.47. The molecule has 52 valence electrons. The van der Waals surface area contributed by atoms with Crippen molar-refractivity contribution >= 4 is 37.7 Å². The largest absolute Gasteiger partial charge is 0.302 e. The van der Waals surface area contributed by atoms with Crippen molar-refractivity contribution < 1.29 is 8.76 Å². The van der Waals surface area contributed by atoms with Crippen LogP contribution in [0.4, 0.5) is 0 Å². The lowest BCUT2D eigenvalue weighted by atomic mass is 9.88. The van der Waals surface area contributed by atoms with Crippen molar-refractivity contribution in [2.75, 3.05) is 0 Å². The van der Waals surface area contributed by atoms with Crippen molar-refractivity contribution in [3.8, 4) is 0 Å². The second-order valence-corrected chi connectivity index (χ2v) is 2.98. The maximum absolute atomic E-state index is 10.5. The molecular weight excluding hydrogens is 158 g/mol. The molecule has 0 aliphatic carbocycles. The fourth-order valence-electron chi connectivity index (χ4n) is 0.726. The van der Waals surface area contributed by atoms with Crippen molar-refractivity contribution in [3.63, 3.8) is 0 Å². The standard InChI is InChI=1S/C6H4B2O2S/c7-4-1-2-6(11(9)10)5(8)3-4/h1-3H,(H,9,10). The molecule has 0 aliphatic rings. The molecule has 0 amide bonds. The van der Waals surface area contributed by atoms with Gasteiger partial charge in [0.2, 0.25) is 0 Å². The Morgan fingerprint density at radius 2 is 2.00 bits per heavy atom. The summed E-state index contributed by atoms with van der Waals surface area (Å²) < 4.78 is 19.2. The zero-order chi connectivity index (χ0) is 8.43. The van der Waals surface area contributed by atoms with Crippen LogP contribution in [0.25, 0.3) is 0 Å². The van der Waals surface area contributed by atoms with Crippen molar-refractivity contribution in [1.82, 2.24) is 0 Å². The third-order valence-corrected chi connectivity index (χ3v) is 1.97. The normalized spacial score (nSPS) is 12.8. The third-order valence-electron chi connectivity index (χ3n) is 1.22. The average molecular weight is 162 g/mol. The predicted octanol–water partition coefficient (Wildman–Crippen LogP) is -1.15. The minimum Gasteiger partial charge on any atom is -0.302 e. The zero-order valence-electron chi connectivity index (χ0n) is 5.65. The summed E-state index contributed by atoms with van der Waals surface area (Å²) in [7, 11) is 10.8. The van der Waals surface area contributed by atoms with Crippen LogP contribution >= 0.6 is 0 Å². The van der Waals surface area contributed by atoms with Crippen LogP contribution < -0.4 is 10.9 Å². The van der Waals surface area contributed by atoms with Crippen molar-refractivity contribution in [1.29, 1.82) is 0 Å². The SMILES string of the molecule is [B]c1ccc(S(=O)O)c([B])c1. The number of hydrogen-bond donors (Lipinski definition) is 1. The molecule has 1 rings (SSSR count). The second kappa shape index (κ2) is 3.24. The highest BCUT2D eigenvalue weighted by atomic mass is 32.2. The van der Waals surface area contributed by atoms with Gasteiger partial charge in [0.25, 0.3) is 0 Å². The van der Waals surface area contributed by atoms with E-state index in [4.69, 9.17) is 20.2 Å². The second-order valence-electron chi connectivity index (χ2n) is 2.05. The minimum atomic E-state index is -2.03. The van der Waals surface area contributed by atoms with E-state index in [-0.39, 0.29) is 10.4 Å². The van der Waals surface area contributed by atoms with E-state index in [9.17, 15) is 4.21 Å². The van der Waals surface area contributed by atoms with Crippen molar-refractivity contribution in [2.45, 2.75) is 4.90 Å². The summed E-state index contributed by atoms with van der Waals surface area (Å²) in [6.45, 7) is 0. The lowest BCUT2D eigenvalue weighted by Crippen LogP contribution is -2.17. The molecule has 5 heteroatoms. The molecule has 0 saturated carbocycles. The Balaban J connectivity index is 3.20. The Kier molecular flexibility index (Phi) is 2.52. The number of rotatable bonds is 1. The van der Waals surface area contributed by atoms with E-state index in [1.54, 1.807) is 0 Å². The average Bonchev–Trinajstić information content (AvgIpc) is 1.85. The Bertz CT molecular complexity index is 301. The van der Waals surface area contributed by atoms with Crippen LogP contribution in [0.3, 0.4) is 0 Å². The van der Waals surface area contributed by atoms with Crippen LogP contribution in [0.15, 0.2) is 23.1 Å². The van der Waals surface area contributed by atoms with E-state index >= 15 is 0 Å².